The number of nitro benzene ring substituents is 1. The molecule has 2 N–H and O–H groups in total. The van der Waals surface area contributed by atoms with Crippen LogP contribution in [-0.4, -0.2) is 27.9 Å². The summed E-state index contributed by atoms with van der Waals surface area (Å²) in [6, 6.07) is 2.69. The number of carbonyl (C=O) groups is 2. The molecule has 0 saturated heterocycles. The maximum atomic E-state index is 11.8. The molecule has 0 saturated carbocycles. The molecule has 1 rings (SSSR count). The van der Waals surface area contributed by atoms with Crippen molar-refractivity contribution in [3.05, 3.63) is 38.9 Å². The fraction of sp³-hybridized carbons (Fsp3) is 0.273. The van der Waals surface area contributed by atoms with E-state index in [-0.39, 0.29) is 17.0 Å². The first-order chi connectivity index (χ1) is 8.88. The molecular weight excluding hydrogens is 276 g/mol. The SMILES string of the molecule is CCC(NC(=O)c1cccc([N+](=O)[O-])c1Cl)C(=O)O. The first-order valence-corrected chi connectivity index (χ1v) is 5.72. The topological polar surface area (TPSA) is 110 Å². The fourth-order valence-corrected chi connectivity index (χ4v) is 1.69. The summed E-state index contributed by atoms with van der Waals surface area (Å²) in [4.78, 5) is 32.6. The molecule has 7 nitrogen and oxygen atoms in total. The van der Waals surface area contributed by atoms with Gasteiger partial charge in [0.05, 0.1) is 10.5 Å². The minimum absolute atomic E-state index is 0.129. The van der Waals surface area contributed by atoms with Crippen molar-refractivity contribution in [1.82, 2.24) is 5.32 Å². The van der Waals surface area contributed by atoms with Crippen LogP contribution in [0, 0.1) is 10.1 Å². The summed E-state index contributed by atoms with van der Waals surface area (Å²) in [6.45, 7) is 1.59. The zero-order valence-corrected chi connectivity index (χ0v) is 10.7. The van der Waals surface area contributed by atoms with Gasteiger partial charge < -0.3 is 10.4 Å². The number of nitrogens with zero attached hydrogens (tertiary/aromatic N) is 1. The molecule has 0 spiro atoms. The van der Waals surface area contributed by atoms with E-state index in [9.17, 15) is 19.7 Å². The number of rotatable bonds is 5. The first kappa shape index (κ1) is 14.9. The maximum Gasteiger partial charge on any atom is 0.326 e. The molecule has 19 heavy (non-hydrogen) atoms. The van der Waals surface area contributed by atoms with Gasteiger partial charge in [-0.15, -0.1) is 0 Å². The molecular formula is C11H11ClN2O5. The van der Waals surface area contributed by atoms with E-state index < -0.39 is 28.5 Å². The second-order valence-corrected chi connectivity index (χ2v) is 4.05. The standard InChI is InChI=1S/C11H11ClN2O5/c1-2-7(11(16)17)13-10(15)6-4-3-5-8(9(6)12)14(18)19/h3-5,7H,2H2,1H3,(H,13,15)(H,16,17). The summed E-state index contributed by atoms with van der Waals surface area (Å²) >= 11 is 5.75. The molecule has 1 atom stereocenters. The van der Waals surface area contributed by atoms with Gasteiger partial charge >= 0.3 is 5.97 Å². The van der Waals surface area contributed by atoms with Crippen LogP contribution in [0.1, 0.15) is 23.7 Å². The number of nitro groups is 1. The Balaban J connectivity index is 3.04. The third-order valence-corrected chi connectivity index (χ3v) is 2.83. The van der Waals surface area contributed by atoms with Gasteiger partial charge in [-0.25, -0.2) is 4.79 Å². The predicted molar refractivity (Wildman–Crippen MR) is 67.3 cm³/mol. The molecule has 102 valence electrons. The Morgan fingerprint density at radius 1 is 1.53 bits per heavy atom. The van der Waals surface area contributed by atoms with E-state index in [0.29, 0.717) is 0 Å². The second-order valence-electron chi connectivity index (χ2n) is 3.67. The summed E-state index contributed by atoms with van der Waals surface area (Å²) in [5.41, 5.74) is -0.534. The first-order valence-electron chi connectivity index (χ1n) is 5.35. The number of hydrogen-bond donors (Lipinski definition) is 2. The molecule has 0 aromatic heterocycles. The van der Waals surface area contributed by atoms with Gasteiger partial charge in [0.15, 0.2) is 0 Å². The average Bonchev–Trinajstić information content (AvgIpc) is 2.35. The number of carbonyl (C=O) groups excluding carboxylic acids is 1. The summed E-state index contributed by atoms with van der Waals surface area (Å²) in [5.74, 6) is -1.94. The molecule has 0 aliphatic carbocycles. The predicted octanol–water partition coefficient (Wildman–Crippen LogP) is 1.84. The van der Waals surface area contributed by atoms with E-state index >= 15 is 0 Å². The summed E-state index contributed by atoms with van der Waals surface area (Å²) in [7, 11) is 0. The highest BCUT2D eigenvalue weighted by Crippen LogP contribution is 2.27. The Morgan fingerprint density at radius 2 is 2.16 bits per heavy atom. The highest BCUT2D eigenvalue weighted by atomic mass is 35.5. The number of carboxylic acid groups (broad SMARTS) is 1. The Morgan fingerprint density at radius 3 is 2.63 bits per heavy atom. The van der Waals surface area contributed by atoms with Crippen LogP contribution in [0.25, 0.3) is 0 Å². The van der Waals surface area contributed by atoms with Gasteiger partial charge in [-0.3, -0.25) is 14.9 Å². The van der Waals surface area contributed by atoms with E-state index in [0.717, 1.165) is 6.07 Å². The minimum atomic E-state index is -1.18. The normalized spacial score (nSPS) is 11.7. The number of halogens is 1. The van der Waals surface area contributed by atoms with Crippen molar-refractivity contribution in [2.75, 3.05) is 0 Å². The lowest BCUT2D eigenvalue weighted by Gasteiger charge is -2.12. The molecule has 0 aliphatic heterocycles. The zero-order valence-electron chi connectivity index (χ0n) is 9.92. The van der Waals surface area contributed by atoms with Crippen molar-refractivity contribution in [3.63, 3.8) is 0 Å². The number of aliphatic carboxylic acids is 1. The Bertz CT molecular complexity index is 532. The van der Waals surface area contributed by atoms with Gasteiger partial charge in [0.2, 0.25) is 0 Å². The van der Waals surface area contributed by atoms with E-state index in [1.54, 1.807) is 6.92 Å². The molecule has 1 aromatic rings. The minimum Gasteiger partial charge on any atom is -0.480 e. The molecule has 1 amide bonds. The Kier molecular flexibility index (Phi) is 4.82. The highest BCUT2D eigenvalue weighted by Gasteiger charge is 2.23. The van der Waals surface area contributed by atoms with E-state index in [1.807, 2.05) is 0 Å². The van der Waals surface area contributed by atoms with Crippen molar-refractivity contribution < 1.29 is 19.6 Å². The summed E-state index contributed by atoms with van der Waals surface area (Å²) in [6.07, 6.45) is 0.188. The lowest BCUT2D eigenvalue weighted by atomic mass is 10.1. The monoisotopic (exact) mass is 286 g/mol. The van der Waals surface area contributed by atoms with E-state index in [1.165, 1.54) is 12.1 Å². The van der Waals surface area contributed by atoms with Crippen molar-refractivity contribution >= 4 is 29.2 Å². The highest BCUT2D eigenvalue weighted by molar-refractivity contribution is 6.35. The molecule has 0 radical (unpaired) electrons. The zero-order chi connectivity index (χ0) is 14.6. The third-order valence-electron chi connectivity index (χ3n) is 2.43. The largest absolute Gasteiger partial charge is 0.480 e. The van der Waals surface area contributed by atoms with E-state index in [2.05, 4.69) is 5.32 Å². The van der Waals surface area contributed by atoms with Gasteiger partial charge in [-0.05, 0) is 12.5 Å². The summed E-state index contributed by atoms with van der Waals surface area (Å²) < 4.78 is 0. The van der Waals surface area contributed by atoms with Crippen LogP contribution in [-0.2, 0) is 4.79 Å². The van der Waals surface area contributed by atoms with Crippen LogP contribution >= 0.6 is 11.6 Å². The van der Waals surface area contributed by atoms with Gasteiger partial charge in [-0.2, -0.15) is 0 Å². The van der Waals surface area contributed by atoms with Crippen LogP contribution < -0.4 is 5.32 Å². The second kappa shape index (κ2) is 6.14. The average molecular weight is 287 g/mol. The van der Waals surface area contributed by atoms with Gasteiger partial charge in [0.25, 0.3) is 11.6 Å². The third kappa shape index (κ3) is 3.41. The van der Waals surface area contributed by atoms with Crippen LogP contribution in [0.2, 0.25) is 5.02 Å². The maximum absolute atomic E-state index is 11.8. The number of hydrogen-bond acceptors (Lipinski definition) is 4. The van der Waals surface area contributed by atoms with Crippen LogP contribution in [0.4, 0.5) is 5.69 Å². The number of amides is 1. The van der Waals surface area contributed by atoms with Crippen molar-refractivity contribution in [2.24, 2.45) is 0 Å². The Hall–Kier alpha value is -2.15. The smallest absolute Gasteiger partial charge is 0.326 e. The molecule has 0 aliphatic rings. The van der Waals surface area contributed by atoms with Crippen LogP contribution in [0.5, 0.6) is 0 Å². The number of benzene rings is 1. The van der Waals surface area contributed by atoms with Gasteiger partial charge in [0.1, 0.15) is 11.1 Å². The number of carboxylic acids is 1. The molecule has 0 fully saturated rings. The lowest BCUT2D eigenvalue weighted by molar-refractivity contribution is -0.384. The van der Waals surface area contributed by atoms with Crippen molar-refractivity contribution in [3.8, 4) is 0 Å². The van der Waals surface area contributed by atoms with Crippen LogP contribution in [0.3, 0.4) is 0 Å². The fourth-order valence-electron chi connectivity index (χ4n) is 1.41. The van der Waals surface area contributed by atoms with Crippen LogP contribution in [0.15, 0.2) is 18.2 Å². The molecule has 1 aromatic carbocycles. The van der Waals surface area contributed by atoms with Gasteiger partial charge in [0, 0.05) is 6.07 Å². The molecule has 0 heterocycles. The van der Waals surface area contributed by atoms with E-state index in [4.69, 9.17) is 16.7 Å². The van der Waals surface area contributed by atoms with Crippen molar-refractivity contribution in [1.29, 1.82) is 0 Å². The molecule has 1 unspecified atom stereocenters. The van der Waals surface area contributed by atoms with Gasteiger partial charge in [-0.1, -0.05) is 24.6 Å². The Labute approximate surface area is 113 Å². The number of nitrogens with one attached hydrogen (secondary N) is 1. The summed E-state index contributed by atoms with van der Waals surface area (Å²) in [5, 5.41) is 21.4. The lowest BCUT2D eigenvalue weighted by Crippen LogP contribution is -2.40. The molecule has 8 heteroatoms. The quantitative estimate of drug-likeness (QED) is 0.634. The molecule has 0 bridgehead atoms. The van der Waals surface area contributed by atoms with Crippen molar-refractivity contribution in [2.45, 2.75) is 19.4 Å².